The van der Waals surface area contributed by atoms with Crippen LogP contribution in [0.2, 0.25) is 0 Å². The van der Waals surface area contributed by atoms with Crippen molar-refractivity contribution >= 4 is 33.3 Å². The number of benzene rings is 3. The maximum Gasteiger partial charge on any atom is 0.0226 e. The normalized spacial score (nSPS) is 11.2. The lowest BCUT2D eigenvalue weighted by Gasteiger charge is -2.12. The Balaban J connectivity index is 2.63. The van der Waals surface area contributed by atoms with Gasteiger partial charge in [0.1, 0.15) is 0 Å². The van der Waals surface area contributed by atoms with Crippen LogP contribution in [0.25, 0.3) is 21.5 Å². The molecule has 0 aromatic heterocycles. The van der Waals surface area contributed by atoms with Crippen molar-refractivity contribution in [1.82, 2.24) is 0 Å². The van der Waals surface area contributed by atoms with Gasteiger partial charge >= 0.3 is 0 Å². The van der Waals surface area contributed by atoms with E-state index in [2.05, 4.69) is 61.7 Å². The van der Waals surface area contributed by atoms with Crippen molar-refractivity contribution in [2.75, 3.05) is 6.26 Å². The van der Waals surface area contributed by atoms with Gasteiger partial charge in [-0.2, -0.15) is 0 Å². The fourth-order valence-corrected chi connectivity index (χ4v) is 3.32. The minimum Gasteiger partial charge on any atom is -0.128 e. The zero-order valence-corrected chi connectivity index (χ0v) is 10.8. The smallest absolute Gasteiger partial charge is 0.0226 e. The van der Waals surface area contributed by atoms with Gasteiger partial charge in [0.05, 0.1) is 0 Å². The summed E-state index contributed by atoms with van der Waals surface area (Å²) in [6, 6.07) is 17.4. The molecule has 3 aromatic rings. The lowest BCUT2D eigenvalue weighted by atomic mass is 9.98. The van der Waals surface area contributed by atoms with Crippen LogP contribution in [0.5, 0.6) is 0 Å². The van der Waals surface area contributed by atoms with Crippen molar-refractivity contribution in [2.24, 2.45) is 0 Å². The third kappa shape index (κ3) is 1.54. The quantitative estimate of drug-likeness (QED) is 0.423. The van der Waals surface area contributed by atoms with Gasteiger partial charge in [-0.25, -0.2) is 0 Å². The van der Waals surface area contributed by atoms with Gasteiger partial charge in [0, 0.05) is 4.90 Å². The molecule has 0 spiro atoms. The fourth-order valence-electron chi connectivity index (χ4n) is 2.53. The van der Waals surface area contributed by atoms with E-state index in [9.17, 15) is 0 Å². The molecular formula is C16H14S. The first-order chi connectivity index (χ1) is 8.33. The molecule has 0 aliphatic rings. The number of fused-ring (bicyclic) bond motifs is 2. The van der Waals surface area contributed by atoms with Crippen molar-refractivity contribution in [3.8, 4) is 0 Å². The highest BCUT2D eigenvalue weighted by molar-refractivity contribution is 7.99. The molecule has 0 aliphatic carbocycles. The monoisotopic (exact) mass is 238 g/mol. The number of hydrogen-bond donors (Lipinski definition) is 0. The van der Waals surface area contributed by atoms with Crippen LogP contribution in [0.1, 0.15) is 5.56 Å². The maximum absolute atomic E-state index is 2.22. The van der Waals surface area contributed by atoms with Crippen LogP contribution >= 0.6 is 11.8 Å². The average molecular weight is 238 g/mol. The van der Waals surface area contributed by atoms with Crippen LogP contribution < -0.4 is 0 Å². The predicted molar refractivity (Wildman–Crippen MR) is 78.0 cm³/mol. The summed E-state index contributed by atoms with van der Waals surface area (Å²) < 4.78 is 0. The molecule has 0 N–H and O–H groups in total. The molecule has 0 atom stereocenters. The van der Waals surface area contributed by atoms with Gasteiger partial charge in [-0.3, -0.25) is 0 Å². The second-order valence-corrected chi connectivity index (χ2v) is 5.07. The molecular weight excluding hydrogens is 224 g/mol. The van der Waals surface area contributed by atoms with Gasteiger partial charge in [0.2, 0.25) is 0 Å². The minimum absolute atomic E-state index is 1.37. The van der Waals surface area contributed by atoms with E-state index in [0.717, 1.165) is 0 Å². The highest BCUT2D eigenvalue weighted by Gasteiger charge is 2.09. The Morgan fingerprint density at radius 2 is 1.12 bits per heavy atom. The molecule has 84 valence electrons. The van der Waals surface area contributed by atoms with E-state index in [1.54, 1.807) is 0 Å². The van der Waals surface area contributed by atoms with Gasteiger partial charge in [-0.15, -0.1) is 11.8 Å². The summed E-state index contributed by atoms with van der Waals surface area (Å²) in [4.78, 5) is 1.39. The summed E-state index contributed by atoms with van der Waals surface area (Å²) in [6.07, 6.45) is 2.16. The Morgan fingerprint density at radius 3 is 1.53 bits per heavy atom. The van der Waals surface area contributed by atoms with Gasteiger partial charge in [0.25, 0.3) is 0 Å². The highest BCUT2D eigenvalue weighted by Crippen LogP contribution is 2.37. The van der Waals surface area contributed by atoms with Crippen molar-refractivity contribution in [3.05, 3.63) is 54.1 Å². The van der Waals surface area contributed by atoms with Crippen LogP contribution in [0.3, 0.4) is 0 Å². The second kappa shape index (κ2) is 4.08. The summed E-state index contributed by atoms with van der Waals surface area (Å²) in [5, 5.41) is 5.48. The first kappa shape index (κ1) is 10.7. The molecule has 0 unspecified atom stereocenters. The Bertz CT molecular complexity index is 641. The molecule has 0 heterocycles. The topological polar surface area (TPSA) is 0 Å². The van der Waals surface area contributed by atoms with E-state index < -0.39 is 0 Å². The lowest BCUT2D eigenvalue weighted by molar-refractivity contribution is 1.53. The van der Waals surface area contributed by atoms with E-state index in [0.29, 0.717) is 0 Å². The van der Waals surface area contributed by atoms with Crippen molar-refractivity contribution in [1.29, 1.82) is 0 Å². The lowest BCUT2D eigenvalue weighted by Crippen LogP contribution is -1.86. The zero-order chi connectivity index (χ0) is 11.8. The van der Waals surface area contributed by atoms with E-state index in [1.807, 2.05) is 11.8 Å². The summed E-state index contributed by atoms with van der Waals surface area (Å²) in [5.41, 5.74) is 1.38. The van der Waals surface area contributed by atoms with Gasteiger partial charge in [0.15, 0.2) is 0 Å². The molecule has 0 fully saturated rings. The first-order valence-electron chi connectivity index (χ1n) is 5.77. The Kier molecular flexibility index (Phi) is 2.56. The van der Waals surface area contributed by atoms with Crippen LogP contribution in [0.4, 0.5) is 0 Å². The van der Waals surface area contributed by atoms with E-state index in [1.165, 1.54) is 32.0 Å². The number of rotatable bonds is 1. The van der Waals surface area contributed by atoms with E-state index in [4.69, 9.17) is 0 Å². The summed E-state index contributed by atoms with van der Waals surface area (Å²) >= 11 is 1.84. The number of aryl methyl sites for hydroxylation is 1. The molecule has 3 aromatic carbocycles. The third-order valence-electron chi connectivity index (χ3n) is 3.36. The molecule has 0 amide bonds. The third-order valence-corrected chi connectivity index (χ3v) is 4.20. The minimum atomic E-state index is 1.37. The van der Waals surface area contributed by atoms with Crippen LogP contribution in [0, 0.1) is 6.92 Å². The van der Waals surface area contributed by atoms with Crippen molar-refractivity contribution in [2.45, 2.75) is 11.8 Å². The van der Waals surface area contributed by atoms with Crippen molar-refractivity contribution < 1.29 is 0 Å². The number of hydrogen-bond acceptors (Lipinski definition) is 1. The standard InChI is InChI=1S/C16H14S/c1-11-12-7-3-5-9-14(12)16(17-2)15-10-6-4-8-13(11)15/h3-10H,1-2H3. The molecule has 0 aliphatic heterocycles. The molecule has 3 rings (SSSR count). The van der Waals surface area contributed by atoms with Crippen LogP contribution in [-0.2, 0) is 0 Å². The second-order valence-electron chi connectivity index (χ2n) is 4.25. The summed E-state index contributed by atoms with van der Waals surface area (Å²) in [7, 11) is 0. The first-order valence-corrected chi connectivity index (χ1v) is 6.99. The Hall–Kier alpha value is -1.47. The molecule has 17 heavy (non-hydrogen) atoms. The SMILES string of the molecule is CSc1c2ccccc2c(C)c2ccccc12. The van der Waals surface area contributed by atoms with E-state index >= 15 is 0 Å². The molecule has 0 bridgehead atoms. The fraction of sp³-hybridized carbons (Fsp3) is 0.125. The summed E-state index contributed by atoms with van der Waals surface area (Å²) in [5.74, 6) is 0. The largest absolute Gasteiger partial charge is 0.128 e. The predicted octanol–water partition coefficient (Wildman–Crippen LogP) is 5.02. The van der Waals surface area contributed by atoms with Gasteiger partial charge in [-0.05, 0) is 40.3 Å². The molecule has 0 nitrogen and oxygen atoms in total. The summed E-state index contributed by atoms with van der Waals surface area (Å²) in [6.45, 7) is 2.22. The van der Waals surface area contributed by atoms with Gasteiger partial charge < -0.3 is 0 Å². The molecule has 1 heteroatoms. The molecule has 0 saturated heterocycles. The molecule has 0 radical (unpaired) electrons. The van der Waals surface area contributed by atoms with Crippen molar-refractivity contribution in [3.63, 3.8) is 0 Å². The maximum atomic E-state index is 2.22. The average Bonchev–Trinajstić information content (AvgIpc) is 2.40. The zero-order valence-electron chi connectivity index (χ0n) is 10.0. The van der Waals surface area contributed by atoms with Gasteiger partial charge in [-0.1, -0.05) is 48.5 Å². The Labute approximate surface area is 106 Å². The highest BCUT2D eigenvalue weighted by atomic mass is 32.2. The van der Waals surface area contributed by atoms with Crippen LogP contribution in [0.15, 0.2) is 53.4 Å². The molecule has 0 saturated carbocycles. The van der Waals surface area contributed by atoms with E-state index in [-0.39, 0.29) is 0 Å². The number of thioether (sulfide) groups is 1. The van der Waals surface area contributed by atoms with Crippen LogP contribution in [-0.4, -0.2) is 6.26 Å². The Morgan fingerprint density at radius 1 is 0.706 bits per heavy atom.